The van der Waals surface area contributed by atoms with Gasteiger partial charge in [-0.3, -0.25) is 0 Å². The molecule has 2 saturated carbocycles. The van der Waals surface area contributed by atoms with E-state index in [9.17, 15) is 0 Å². The van der Waals surface area contributed by atoms with E-state index in [0.717, 1.165) is 36.4 Å². The van der Waals surface area contributed by atoms with Crippen molar-refractivity contribution in [2.75, 3.05) is 13.6 Å². The summed E-state index contributed by atoms with van der Waals surface area (Å²) in [6, 6.07) is 1.60. The van der Waals surface area contributed by atoms with Crippen molar-refractivity contribution >= 4 is 0 Å². The normalized spacial score (nSPS) is 37.7. The highest BCUT2D eigenvalue weighted by Crippen LogP contribution is 2.36. The monoisotopic (exact) mass is 252 g/mol. The van der Waals surface area contributed by atoms with Gasteiger partial charge in [0.2, 0.25) is 0 Å². The van der Waals surface area contributed by atoms with E-state index in [4.69, 9.17) is 5.73 Å². The number of rotatable bonds is 4. The van der Waals surface area contributed by atoms with Crippen LogP contribution in [0.2, 0.25) is 0 Å². The lowest BCUT2D eigenvalue weighted by atomic mass is 9.79. The zero-order chi connectivity index (χ0) is 13.1. The maximum atomic E-state index is 5.93. The molecule has 18 heavy (non-hydrogen) atoms. The summed E-state index contributed by atoms with van der Waals surface area (Å²) < 4.78 is 0. The first kappa shape index (κ1) is 14.3. The van der Waals surface area contributed by atoms with Crippen molar-refractivity contribution in [3.05, 3.63) is 0 Å². The predicted molar refractivity (Wildman–Crippen MR) is 78.5 cm³/mol. The summed E-state index contributed by atoms with van der Waals surface area (Å²) in [6.45, 7) is 5.66. The van der Waals surface area contributed by atoms with Crippen LogP contribution in [0.5, 0.6) is 0 Å². The Hall–Kier alpha value is -0.0800. The van der Waals surface area contributed by atoms with Crippen molar-refractivity contribution in [1.29, 1.82) is 0 Å². The van der Waals surface area contributed by atoms with Crippen molar-refractivity contribution in [3.8, 4) is 0 Å². The Balaban J connectivity index is 1.85. The SMILES string of the molecule is CC(C)C1CCC(N(C)C2CCCC2CN)CC1. The van der Waals surface area contributed by atoms with Crippen molar-refractivity contribution in [2.24, 2.45) is 23.5 Å². The summed E-state index contributed by atoms with van der Waals surface area (Å²) in [5.41, 5.74) is 5.93. The van der Waals surface area contributed by atoms with Gasteiger partial charge in [-0.25, -0.2) is 0 Å². The van der Waals surface area contributed by atoms with Gasteiger partial charge in [-0.1, -0.05) is 20.3 Å². The molecular weight excluding hydrogens is 220 g/mol. The molecule has 2 rings (SSSR count). The summed E-state index contributed by atoms with van der Waals surface area (Å²) in [5.74, 6) is 2.61. The third kappa shape index (κ3) is 3.08. The summed E-state index contributed by atoms with van der Waals surface area (Å²) >= 11 is 0. The zero-order valence-electron chi connectivity index (χ0n) is 12.6. The quantitative estimate of drug-likeness (QED) is 0.832. The molecule has 106 valence electrons. The number of hydrogen-bond donors (Lipinski definition) is 1. The van der Waals surface area contributed by atoms with Gasteiger partial charge < -0.3 is 10.6 Å². The van der Waals surface area contributed by atoms with Gasteiger partial charge in [-0.05, 0) is 69.9 Å². The molecule has 2 heteroatoms. The van der Waals surface area contributed by atoms with Crippen molar-refractivity contribution in [1.82, 2.24) is 4.90 Å². The Bertz CT molecular complexity index is 243. The molecule has 2 aliphatic carbocycles. The first-order chi connectivity index (χ1) is 8.63. The van der Waals surface area contributed by atoms with E-state index in [1.54, 1.807) is 0 Å². The summed E-state index contributed by atoms with van der Waals surface area (Å²) in [7, 11) is 2.36. The Labute approximate surface area is 113 Å². The van der Waals surface area contributed by atoms with Crippen LogP contribution < -0.4 is 5.73 Å². The molecule has 0 aliphatic heterocycles. The minimum absolute atomic E-state index is 0.762. The standard InChI is InChI=1S/C16H32N2/c1-12(2)13-7-9-15(10-8-13)18(3)16-6-4-5-14(16)11-17/h12-16H,4-11,17H2,1-3H3. The average molecular weight is 252 g/mol. The highest BCUT2D eigenvalue weighted by molar-refractivity contribution is 4.89. The molecule has 0 aromatic rings. The summed E-state index contributed by atoms with van der Waals surface area (Å²) in [4.78, 5) is 2.70. The second kappa shape index (κ2) is 6.38. The van der Waals surface area contributed by atoms with Gasteiger partial charge in [-0.15, -0.1) is 0 Å². The van der Waals surface area contributed by atoms with Crippen LogP contribution in [0.4, 0.5) is 0 Å². The largest absolute Gasteiger partial charge is 0.330 e. The van der Waals surface area contributed by atoms with Crippen LogP contribution in [-0.4, -0.2) is 30.6 Å². The molecule has 0 bridgehead atoms. The predicted octanol–water partition coefficient (Wildman–Crippen LogP) is 3.26. The molecule has 0 aromatic heterocycles. The molecular formula is C16H32N2. The van der Waals surface area contributed by atoms with E-state index >= 15 is 0 Å². The summed E-state index contributed by atoms with van der Waals surface area (Å²) in [6.07, 6.45) is 9.81. The zero-order valence-corrected chi connectivity index (χ0v) is 12.6. The second-order valence-corrected chi connectivity index (χ2v) is 6.97. The average Bonchev–Trinajstić information content (AvgIpc) is 2.86. The molecule has 2 atom stereocenters. The van der Waals surface area contributed by atoms with Gasteiger partial charge in [0.1, 0.15) is 0 Å². The van der Waals surface area contributed by atoms with Gasteiger partial charge in [-0.2, -0.15) is 0 Å². The lowest BCUT2D eigenvalue weighted by Crippen LogP contribution is -2.45. The number of nitrogens with zero attached hydrogens (tertiary/aromatic N) is 1. The molecule has 2 aliphatic rings. The highest BCUT2D eigenvalue weighted by Gasteiger charge is 2.34. The van der Waals surface area contributed by atoms with Crippen molar-refractivity contribution in [3.63, 3.8) is 0 Å². The van der Waals surface area contributed by atoms with Gasteiger partial charge >= 0.3 is 0 Å². The topological polar surface area (TPSA) is 29.3 Å². The van der Waals surface area contributed by atoms with Crippen LogP contribution in [0, 0.1) is 17.8 Å². The molecule has 0 heterocycles. The van der Waals surface area contributed by atoms with Crippen LogP contribution in [0.15, 0.2) is 0 Å². The Morgan fingerprint density at radius 2 is 1.72 bits per heavy atom. The van der Waals surface area contributed by atoms with Crippen LogP contribution in [0.1, 0.15) is 58.8 Å². The van der Waals surface area contributed by atoms with Crippen LogP contribution >= 0.6 is 0 Å². The summed E-state index contributed by atoms with van der Waals surface area (Å²) in [5, 5.41) is 0. The lowest BCUT2D eigenvalue weighted by Gasteiger charge is -2.40. The van der Waals surface area contributed by atoms with Gasteiger partial charge in [0, 0.05) is 12.1 Å². The van der Waals surface area contributed by atoms with Crippen LogP contribution in [0.25, 0.3) is 0 Å². The molecule has 2 N–H and O–H groups in total. The molecule has 2 fully saturated rings. The molecule has 0 radical (unpaired) electrons. The van der Waals surface area contributed by atoms with E-state index in [2.05, 4.69) is 25.8 Å². The van der Waals surface area contributed by atoms with Crippen molar-refractivity contribution < 1.29 is 0 Å². The highest BCUT2D eigenvalue weighted by atomic mass is 15.2. The van der Waals surface area contributed by atoms with E-state index in [1.807, 2.05) is 0 Å². The third-order valence-corrected chi connectivity index (χ3v) is 5.70. The molecule has 2 nitrogen and oxygen atoms in total. The van der Waals surface area contributed by atoms with E-state index < -0.39 is 0 Å². The molecule has 0 saturated heterocycles. The molecule has 2 unspecified atom stereocenters. The van der Waals surface area contributed by atoms with Gasteiger partial charge in [0.15, 0.2) is 0 Å². The fourth-order valence-corrected chi connectivity index (χ4v) is 4.27. The van der Waals surface area contributed by atoms with Crippen LogP contribution in [0.3, 0.4) is 0 Å². The first-order valence-corrected chi connectivity index (χ1v) is 8.05. The Morgan fingerprint density at radius 3 is 2.28 bits per heavy atom. The number of nitrogens with two attached hydrogens (primary N) is 1. The minimum atomic E-state index is 0.762. The van der Waals surface area contributed by atoms with E-state index in [-0.39, 0.29) is 0 Å². The van der Waals surface area contributed by atoms with Crippen molar-refractivity contribution in [2.45, 2.75) is 70.9 Å². The maximum Gasteiger partial charge on any atom is 0.0135 e. The van der Waals surface area contributed by atoms with E-state index in [0.29, 0.717) is 0 Å². The Kier molecular flexibility index (Phi) is 5.08. The first-order valence-electron chi connectivity index (χ1n) is 8.05. The minimum Gasteiger partial charge on any atom is -0.330 e. The second-order valence-electron chi connectivity index (χ2n) is 6.97. The Morgan fingerprint density at radius 1 is 1.06 bits per heavy atom. The van der Waals surface area contributed by atoms with Gasteiger partial charge in [0.05, 0.1) is 0 Å². The van der Waals surface area contributed by atoms with Gasteiger partial charge in [0.25, 0.3) is 0 Å². The molecule has 0 amide bonds. The van der Waals surface area contributed by atoms with E-state index in [1.165, 1.54) is 44.9 Å². The third-order valence-electron chi connectivity index (χ3n) is 5.70. The fourth-order valence-electron chi connectivity index (χ4n) is 4.27. The smallest absolute Gasteiger partial charge is 0.0135 e. The molecule has 0 aromatic carbocycles. The van der Waals surface area contributed by atoms with Crippen LogP contribution in [-0.2, 0) is 0 Å². The fraction of sp³-hybridized carbons (Fsp3) is 1.00. The molecule has 0 spiro atoms. The lowest BCUT2D eigenvalue weighted by molar-refractivity contribution is 0.0919. The number of hydrogen-bond acceptors (Lipinski definition) is 2. The maximum absolute atomic E-state index is 5.93.